The van der Waals surface area contributed by atoms with Crippen LogP contribution < -0.4 is 5.32 Å². The third-order valence-corrected chi connectivity index (χ3v) is 3.50. The molecule has 0 amide bonds. The molecule has 1 aromatic carbocycles. The molecular weight excluding hydrogens is 264 g/mol. The quantitative estimate of drug-likeness (QED) is 0.879. The average molecular weight is 281 g/mol. The van der Waals surface area contributed by atoms with E-state index in [0.29, 0.717) is 5.56 Å². The van der Waals surface area contributed by atoms with Gasteiger partial charge in [-0.1, -0.05) is 26.7 Å². The Balaban J connectivity index is 2.62. The van der Waals surface area contributed by atoms with Gasteiger partial charge in [0.2, 0.25) is 0 Å². The maximum absolute atomic E-state index is 8.80. The summed E-state index contributed by atoms with van der Waals surface area (Å²) in [6, 6.07) is 7.88. The summed E-state index contributed by atoms with van der Waals surface area (Å²) in [5.41, 5.74) is 1.74. The Hall–Kier alpha value is -1.01. The maximum Gasteiger partial charge on any atom is 0.100 e. The van der Waals surface area contributed by atoms with Gasteiger partial charge in [-0.3, -0.25) is 0 Å². The number of nitriles is 1. The molecule has 0 heterocycles. The van der Waals surface area contributed by atoms with E-state index in [1.165, 1.54) is 12.8 Å². The molecule has 86 valence electrons. The highest BCUT2D eigenvalue weighted by molar-refractivity contribution is 9.10. The van der Waals surface area contributed by atoms with Gasteiger partial charge in [0, 0.05) is 16.7 Å². The van der Waals surface area contributed by atoms with E-state index in [4.69, 9.17) is 5.26 Å². The van der Waals surface area contributed by atoms with E-state index in [2.05, 4.69) is 41.2 Å². The van der Waals surface area contributed by atoms with Crippen LogP contribution in [0.5, 0.6) is 0 Å². The molecule has 0 saturated heterocycles. The Morgan fingerprint density at radius 2 is 2.06 bits per heavy atom. The second-order valence-corrected chi connectivity index (χ2v) is 4.72. The monoisotopic (exact) mass is 280 g/mol. The molecule has 0 aliphatic rings. The number of hydrogen-bond acceptors (Lipinski definition) is 2. The lowest BCUT2D eigenvalue weighted by atomic mass is 10.0. The standard InChI is InChI=1S/C13H17BrN2/c1-3-10(4-2)9-16-12-6-5-11(8-15)13(14)7-12/h5-7,10,16H,3-4,9H2,1-2H3. The number of nitrogens with one attached hydrogen (secondary N) is 1. The zero-order chi connectivity index (χ0) is 12.0. The molecule has 0 unspecified atom stereocenters. The minimum atomic E-state index is 0.674. The zero-order valence-corrected chi connectivity index (χ0v) is 11.3. The van der Waals surface area contributed by atoms with Gasteiger partial charge in [0.1, 0.15) is 6.07 Å². The molecule has 1 rings (SSSR count). The number of hydrogen-bond donors (Lipinski definition) is 1. The molecule has 0 saturated carbocycles. The molecule has 2 nitrogen and oxygen atoms in total. The van der Waals surface area contributed by atoms with Crippen molar-refractivity contribution in [3.05, 3.63) is 28.2 Å². The molecule has 0 spiro atoms. The number of halogens is 1. The van der Waals surface area contributed by atoms with Crippen LogP contribution in [-0.2, 0) is 0 Å². The molecule has 0 bridgehead atoms. The van der Waals surface area contributed by atoms with Crippen molar-refractivity contribution in [1.82, 2.24) is 0 Å². The topological polar surface area (TPSA) is 35.8 Å². The summed E-state index contributed by atoms with van der Waals surface area (Å²) in [5.74, 6) is 0.717. The van der Waals surface area contributed by atoms with Crippen molar-refractivity contribution in [1.29, 1.82) is 5.26 Å². The third kappa shape index (κ3) is 3.53. The lowest BCUT2D eigenvalue weighted by Crippen LogP contribution is -2.12. The summed E-state index contributed by atoms with van der Waals surface area (Å²) >= 11 is 3.39. The van der Waals surface area contributed by atoms with E-state index >= 15 is 0 Å². The minimum absolute atomic E-state index is 0.674. The van der Waals surface area contributed by atoms with Crippen molar-refractivity contribution >= 4 is 21.6 Å². The van der Waals surface area contributed by atoms with Crippen LogP contribution in [0, 0.1) is 17.2 Å². The number of rotatable bonds is 5. The molecule has 3 heteroatoms. The summed E-state index contributed by atoms with van der Waals surface area (Å²) < 4.78 is 0.851. The Kier molecular flexibility index (Phi) is 5.34. The zero-order valence-electron chi connectivity index (χ0n) is 9.76. The van der Waals surface area contributed by atoms with E-state index in [1.807, 2.05) is 18.2 Å². The highest BCUT2D eigenvalue weighted by Crippen LogP contribution is 2.21. The van der Waals surface area contributed by atoms with Crippen LogP contribution in [0.1, 0.15) is 32.3 Å². The van der Waals surface area contributed by atoms with Crippen molar-refractivity contribution in [3.63, 3.8) is 0 Å². The maximum atomic E-state index is 8.80. The van der Waals surface area contributed by atoms with Crippen LogP contribution in [0.25, 0.3) is 0 Å². The van der Waals surface area contributed by atoms with Crippen LogP contribution in [0.2, 0.25) is 0 Å². The highest BCUT2D eigenvalue weighted by atomic mass is 79.9. The lowest BCUT2D eigenvalue weighted by molar-refractivity contribution is 0.519. The Morgan fingerprint density at radius 3 is 2.56 bits per heavy atom. The summed E-state index contributed by atoms with van der Waals surface area (Å²) in [6.45, 7) is 5.42. The molecule has 0 atom stereocenters. The number of nitrogens with zero attached hydrogens (tertiary/aromatic N) is 1. The fourth-order valence-electron chi connectivity index (χ4n) is 1.56. The van der Waals surface area contributed by atoms with Crippen molar-refractivity contribution in [2.24, 2.45) is 5.92 Å². The molecule has 0 radical (unpaired) electrons. The van der Waals surface area contributed by atoms with Gasteiger partial charge in [-0.05, 0) is 40.0 Å². The molecule has 0 aromatic heterocycles. The minimum Gasteiger partial charge on any atom is -0.385 e. The van der Waals surface area contributed by atoms with E-state index < -0.39 is 0 Å². The molecule has 0 fully saturated rings. The van der Waals surface area contributed by atoms with Gasteiger partial charge < -0.3 is 5.32 Å². The SMILES string of the molecule is CCC(CC)CNc1ccc(C#N)c(Br)c1. The predicted molar refractivity (Wildman–Crippen MR) is 71.4 cm³/mol. The van der Waals surface area contributed by atoms with Crippen LogP contribution >= 0.6 is 15.9 Å². The summed E-state index contributed by atoms with van der Waals surface area (Å²) in [5, 5.41) is 12.2. The van der Waals surface area contributed by atoms with Gasteiger partial charge in [0.05, 0.1) is 5.56 Å². The smallest absolute Gasteiger partial charge is 0.100 e. The van der Waals surface area contributed by atoms with Crippen LogP contribution in [0.3, 0.4) is 0 Å². The molecule has 1 N–H and O–H groups in total. The van der Waals surface area contributed by atoms with Gasteiger partial charge in [0.25, 0.3) is 0 Å². The Morgan fingerprint density at radius 1 is 1.38 bits per heavy atom. The largest absolute Gasteiger partial charge is 0.385 e. The van der Waals surface area contributed by atoms with Crippen molar-refractivity contribution in [2.75, 3.05) is 11.9 Å². The average Bonchev–Trinajstić information content (AvgIpc) is 2.30. The summed E-state index contributed by atoms with van der Waals surface area (Å²) in [4.78, 5) is 0. The lowest BCUT2D eigenvalue weighted by Gasteiger charge is -2.14. The first kappa shape index (κ1) is 13.1. The normalized spacial score (nSPS) is 10.2. The summed E-state index contributed by atoms with van der Waals surface area (Å²) in [6.07, 6.45) is 2.39. The van der Waals surface area contributed by atoms with E-state index in [1.54, 1.807) is 0 Å². The Bertz CT molecular complexity index is 378. The van der Waals surface area contributed by atoms with Crippen LogP contribution in [-0.4, -0.2) is 6.54 Å². The van der Waals surface area contributed by atoms with Crippen LogP contribution in [0.4, 0.5) is 5.69 Å². The molecule has 0 aliphatic carbocycles. The van der Waals surface area contributed by atoms with E-state index in [9.17, 15) is 0 Å². The third-order valence-electron chi connectivity index (χ3n) is 2.84. The van der Waals surface area contributed by atoms with Gasteiger partial charge in [-0.15, -0.1) is 0 Å². The van der Waals surface area contributed by atoms with Gasteiger partial charge in [-0.2, -0.15) is 5.26 Å². The molecule has 1 aromatic rings. The highest BCUT2D eigenvalue weighted by Gasteiger charge is 2.04. The van der Waals surface area contributed by atoms with E-state index in [-0.39, 0.29) is 0 Å². The second-order valence-electron chi connectivity index (χ2n) is 3.87. The van der Waals surface area contributed by atoms with Crippen molar-refractivity contribution in [2.45, 2.75) is 26.7 Å². The fraction of sp³-hybridized carbons (Fsp3) is 0.462. The fourth-order valence-corrected chi connectivity index (χ4v) is 2.02. The first-order chi connectivity index (χ1) is 7.71. The van der Waals surface area contributed by atoms with Gasteiger partial charge in [-0.25, -0.2) is 0 Å². The molecular formula is C13H17BrN2. The second kappa shape index (κ2) is 6.55. The first-order valence-electron chi connectivity index (χ1n) is 5.64. The van der Waals surface area contributed by atoms with Crippen molar-refractivity contribution < 1.29 is 0 Å². The first-order valence-corrected chi connectivity index (χ1v) is 6.44. The summed E-state index contributed by atoms with van der Waals surface area (Å²) in [7, 11) is 0. The number of anilines is 1. The van der Waals surface area contributed by atoms with E-state index in [0.717, 1.165) is 22.6 Å². The predicted octanol–water partition coefficient (Wildman–Crippen LogP) is 4.17. The van der Waals surface area contributed by atoms with Crippen LogP contribution in [0.15, 0.2) is 22.7 Å². The molecule has 0 aliphatic heterocycles. The van der Waals surface area contributed by atoms with Gasteiger partial charge >= 0.3 is 0 Å². The number of benzene rings is 1. The molecule has 16 heavy (non-hydrogen) atoms. The van der Waals surface area contributed by atoms with Gasteiger partial charge in [0.15, 0.2) is 0 Å². The Labute approximate surface area is 106 Å². The van der Waals surface area contributed by atoms with Crippen molar-refractivity contribution in [3.8, 4) is 6.07 Å².